The van der Waals surface area contributed by atoms with Crippen molar-refractivity contribution in [1.29, 1.82) is 0 Å². The molecule has 0 saturated heterocycles. The molecule has 4 aromatic rings. The zero-order chi connectivity index (χ0) is 19.7. The van der Waals surface area contributed by atoms with Crippen LogP contribution in [0.5, 0.6) is 0 Å². The second kappa shape index (κ2) is 7.66. The van der Waals surface area contributed by atoms with E-state index in [-0.39, 0.29) is 11.4 Å². The third-order valence-corrected chi connectivity index (χ3v) is 5.51. The molecule has 28 heavy (non-hydrogen) atoms. The van der Waals surface area contributed by atoms with Crippen molar-refractivity contribution in [3.8, 4) is 11.1 Å². The average molecular weight is 393 g/mol. The van der Waals surface area contributed by atoms with Gasteiger partial charge in [-0.05, 0) is 37.2 Å². The summed E-state index contributed by atoms with van der Waals surface area (Å²) in [5, 5.41) is 2.46. The van der Waals surface area contributed by atoms with E-state index in [1.165, 1.54) is 34.6 Å². The standard InChI is InChI=1S/C22H20FN3OS/c1-14-3-5-15(6-4-14)11-26(2)12-19-24-21(27)20-18(13-28-22(20)25-19)16-7-9-17(23)10-8-16/h3-10,13H,11-12H2,1-2H3,(H,24,25,27). The number of hydrogen-bond donors (Lipinski definition) is 1. The minimum Gasteiger partial charge on any atom is -0.309 e. The predicted molar refractivity (Wildman–Crippen MR) is 112 cm³/mol. The summed E-state index contributed by atoms with van der Waals surface area (Å²) in [6.07, 6.45) is 0. The lowest BCUT2D eigenvalue weighted by molar-refractivity contribution is 0.311. The second-order valence-electron chi connectivity index (χ2n) is 7.01. The van der Waals surface area contributed by atoms with E-state index in [0.717, 1.165) is 17.7 Å². The molecule has 0 aliphatic heterocycles. The number of aryl methyl sites for hydroxylation is 1. The van der Waals surface area contributed by atoms with Crippen LogP contribution in [0.2, 0.25) is 0 Å². The number of fused-ring (bicyclic) bond motifs is 1. The predicted octanol–water partition coefficient (Wildman–Crippen LogP) is 4.73. The highest BCUT2D eigenvalue weighted by atomic mass is 32.1. The van der Waals surface area contributed by atoms with Crippen LogP contribution < -0.4 is 5.56 Å². The van der Waals surface area contributed by atoms with Crippen molar-refractivity contribution in [1.82, 2.24) is 14.9 Å². The van der Waals surface area contributed by atoms with Crippen molar-refractivity contribution in [2.24, 2.45) is 0 Å². The molecule has 4 nitrogen and oxygen atoms in total. The molecular weight excluding hydrogens is 373 g/mol. The highest BCUT2D eigenvalue weighted by Crippen LogP contribution is 2.30. The van der Waals surface area contributed by atoms with Gasteiger partial charge in [0.15, 0.2) is 0 Å². The number of aromatic nitrogens is 2. The number of aromatic amines is 1. The second-order valence-corrected chi connectivity index (χ2v) is 7.87. The van der Waals surface area contributed by atoms with Crippen LogP contribution in [0.4, 0.5) is 4.39 Å². The largest absolute Gasteiger partial charge is 0.309 e. The molecule has 0 atom stereocenters. The Morgan fingerprint density at radius 1 is 1.07 bits per heavy atom. The van der Waals surface area contributed by atoms with E-state index in [2.05, 4.69) is 46.1 Å². The molecule has 0 amide bonds. The molecule has 6 heteroatoms. The van der Waals surface area contributed by atoms with E-state index in [1.54, 1.807) is 12.1 Å². The summed E-state index contributed by atoms with van der Waals surface area (Å²) in [6, 6.07) is 14.6. The van der Waals surface area contributed by atoms with Crippen molar-refractivity contribution in [3.05, 3.63) is 87.0 Å². The maximum Gasteiger partial charge on any atom is 0.260 e. The fourth-order valence-corrected chi connectivity index (χ4v) is 4.19. The molecule has 0 aliphatic carbocycles. The molecule has 0 fully saturated rings. The lowest BCUT2D eigenvalue weighted by Crippen LogP contribution is -2.21. The summed E-state index contributed by atoms with van der Waals surface area (Å²) in [5.41, 5.74) is 3.88. The summed E-state index contributed by atoms with van der Waals surface area (Å²) < 4.78 is 13.2. The Hall–Kier alpha value is -2.83. The maximum atomic E-state index is 13.2. The first-order valence-electron chi connectivity index (χ1n) is 9.00. The van der Waals surface area contributed by atoms with E-state index in [4.69, 9.17) is 0 Å². The van der Waals surface area contributed by atoms with Gasteiger partial charge in [0, 0.05) is 17.5 Å². The van der Waals surface area contributed by atoms with Gasteiger partial charge >= 0.3 is 0 Å². The highest BCUT2D eigenvalue weighted by molar-refractivity contribution is 7.17. The number of hydrogen-bond acceptors (Lipinski definition) is 4. The van der Waals surface area contributed by atoms with Gasteiger partial charge in [0.25, 0.3) is 5.56 Å². The average Bonchev–Trinajstić information content (AvgIpc) is 3.09. The Bertz CT molecular complexity index is 1160. The first-order chi connectivity index (χ1) is 13.5. The van der Waals surface area contributed by atoms with Gasteiger partial charge in [-0.25, -0.2) is 9.37 Å². The SMILES string of the molecule is Cc1ccc(CN(C)Cc2nc3scc(-c4ccc(F)cc4)c3c(=O)[nH]2)cc1. The van der Waals surface area contributed by atoms with Crippen molar-refractivity contribution >= 4 is 21.6 Å². The lowest BCUT2D eigenvalue weighted by Gasteiger charge is -2.16. The number of rotatable bonds is 5. The third-order valence-electron chi connectivity index (χ3n) is 4.64. The minimum absolute atomic E-state index is 0.163. The Morgan fingerprint density at radius 3 is 2.50 bits per heavy atom. The third kappa shape index (κ3) is 3.88. The first kappa shape index (κ1) is 18.5. The number of halogens is 1. The molecule has 1 N–H and O–H groups in total. The smallest absolute Gasteiger partial charge is 0.260 e. The van der Waals surface area contributed by atoms with Gasteiger partial charge in [-0.15, -0.1) is 11.3 Å². The topological polar surface area (TPSA) is 49.0 Å². The summed E-state index contributed by atoms with van der Waals surface area (Å²) in [7, 11) is 2.00. The Kier molecular flexibility index (Phi) is 5.07. The van der Waals surface area contributed by atoms with E-state index in [0.29, 0.717) is 22.6 Å². The van der Waals surface area contributed by atoms with Crippen LogP contribution in [0.1, 0.15) is 17.0 Å². The fourth-order valence-electron chi connectivity index (χ4n) is 3.23. The summed E-state index contributed by atoms with van der Waals surface area (Å²) in [4.78, 5) is 23.1. The van der Waals surface area contributed by atoms with Crippen molar-refractivity contribution in [2.75, 3.05) is 7.05 Å². The lowest BCUT2D eigenvalue weighted by atomic mass is 10.1. The summed E-state index contributed by atoms with van der Waals surface area (Å²) in [6.45, 7) is 3.38. The van der Waals surface area contributed by atoms with Crippen molar-refractivity contribution in [2.45, 2.75) is 20.0 Å². The van der Waals surface area contributed by atoms with Crippen LogP contribution >= 0.6 is 11.3 Å². The van der Waals surface area contributed by atoms with Gasteiger partial charge in [0.1, 0.15) is 16.5 Å². The van der Waals surface area contributed by atoms with Gasteiger partial charge in [-0.3, -0.25) is 9.69 Å². The van der Waals surface area contributed by atoms with Gasteiger partial charge in [-0.2, -0.15) is 0 Å². The molecule has 0 unspecified atom stereocenters. The Labute approximate surface area is 166 Å². The van der Waals surface area contributed by atoms with Crippen LogP contribution in [-0.2, 0) is 13.1 Å². The van der Waals surface area contributed by atoms with Crippen LogP contribution in [-0.4, -0.2) is 21.9 Å². The zero-order valence-electron chi connectivity index (χ0n) is 15.7. The van der Waals surface area contributed by atoms with Crippen LogP contribution in [0.25, 0.3) is 21.3 Å². The van der Waals surface area contributed by atoms with Crippen LogP contribution in [0.3, 0.4) is 0 Å². The Morgan fingerprint density at radius 2 is 1.79 bits per heavy atom. The highest BCUT2D eigenvalue weighted by Gasteiger charge is 2.14. The van der Waals surface area contributed by atoms with Crippen LogP contribution in [0.15, 0.2) is 58.7 Å². The minimum atomic E-state index is -0.297. The normalized spacial score (nSPS) is 11.4. The van der Waals surface area contributed by atoms with E-state index < -0.39 is 0 Å². The number of H-pyrrole nitrogens is 1. The molecule has 0 saturated carbocycles. The number of benzene rings is 2. The molecule has 0 aliphatic rings. The molecule has 0 spiro atoms. The number of nitrogens with one attached hydrogen (secondary N) is 1. The molecule has 2 aromatic heterocycles. The molecule has 0 bridgehead atoms. The maximum absolute atomic E-state index is 13.2. The van der Waals surface area contributed by atoms with Gasteiger partial charge in [0.05, 0.1) is 11.9 Å². The molecule has 2 heterocycles. The van der Waals surface area contributed by atoms with Crippen molar-refractivity contribution < 1.29 is 4.39 Å². The Balaban J connectivity index is 1.58. The van der Waals surface area contributed by atoms with Crippen LogP contribution in [0, 0.1) is 12.7 Å². The van der Waals surface area contributed by atoms with E-state index in [1.807, 2.05) is 12.4 Å². The summed E-state index contributed by atoms with van der Waals surface area (Å²) >= 11 is 1.43. The van der Waals surface area contributed by atoms with Gasteiger partial charge in [-0.1, -0.05) is 42.0 Å². The zero-order valence-corrected chi connectivity index (χ0v) is 16.5. The first-order valence-corrected chi connectivity index (χ1v) is 9.88. The molecule has 142 valence electrons. The van der Waals surface area contributed by atoms with Crippen molar-refractivity contribution in [3.63, 3.8) is 0 Å². The number of thiophene rings is 1. The van der Waals surface area contributed by atoms with E-state index >= 15 is 0 Å². The summed E-state index contributed by atoms with van der Waals surface area (Å²) in [5.74, 6) is 0.342. The molecule has 4 rings (SSSR count). The fraction of sp³-hybridized carbons (Fsp3) is 0.182. The number of nitrogens with zero attached hydrogens (tertiary/aromatic N) is 2. The molecule has 2 aromatic carbocycles. The molecular formula is C22H20FN3OS. The quantitative estimate of drug-likeness (QED) is 0.533. The molecule has 0 radical (unpaired) electrons. The van der Waals surface area contributed by atoms with Gasteiger partial charge < -0.3 is 4.98 Å². The van der Waals surface area contributed by atoms with Gasteiger partial charge in [0.2, 0.25) is 0 Å². The van der Waals surface area contributed by atoms with E-state index in [9.17, 15) is 9.18 Å². The monoisotopic (exact) mass is 393 g/mol.